The molecule has 1 fully saturated rings. The van der Waals surface area contributed by atoms with E-state index >= 15 is 0 Å². The van der Waals surface area contributed by atoms with Crippen molar-refractivity contribution in [3.63, 3.8) is 0 Å². The van der Waals surface area contributed by atoms with E-state index in [0.29, 0.717) is 37.6 Å². The summed E-state index contributed by atoms with van der Waals surface area (Å²) in [5.41, 5.74) is 0.804. The fourth-order valence-electron chi connectivity index (χ4n) is 2.67. The van der Waals surface area contributed by atoms with Gasteiger partial charge < -0.3 is 4.74 Å². The van der Waals surface area contributed by atoms with Gasteiger partial charge in [-0.05, 0) is 12.1 Å². The van der Waals surface area contributed by atoms with Gasteiger partial charge in [0.15, 0.2) is 0 Å². The van der Waals surface area contributed by atoms with Crippen molar-refractivity contribution < 1.29 is 13.2 Å². The lowest BCUT2D eigenvalue weighted by Gasteiger charge is -2.33. The second-order valence-electron chi connectivity index (χ2n) is 5.32. The van der Waals surface area contributed by atoms with Crippen LogP contribution in [0.15, 0.2) is 29.2 Å². The van der Waals surface area contributed by atoms with E-state index in [1.54, 1.807) is 6.08 Å². The highest BCUT2D eigenvalue weighted by atomic mass is 32.2. The molecule has 6 heteroatoms. The summed E-state index contributed by atoms with van der Waals surface area (Å²) in [6, 6.07) is 7.44. The van der Waals surface area contributed by atoms with Gasteiger partial charge in [-0.2, -0.15) is 4.31 Å². The zero-order valence-electron chi connectivity index (χ0n) is 12.2. The zero-order chi connectivity index (χ0) is 15.6. The Morgan fingerprint density at radius 3 is 2.64 bits per heavy atom. The van der Waals surface area contributed by atoms with Crippen molar-refractivity contribution in [3.8, 4) is 18.1 Å². The molecule has 0 bridgehead atoms. The quantitative estimate of drug-likeness (QED) is 0.780. The monoisotopic (exact) mass is 318 g/mol. The standard InChI is InChI=1S/C16H18N2O3S/c1-2-7-17-8-10-18(11-9-17)22(19,20)15-12-14-5-3-4-6-16(14)21-13-15/h1,3-6,12H,7-11,13H2. The summed E-state index contributed by atoms with van der Waals surface area (Å²) in [5, 5.41) is 0. The Kier molecular flexibility index (Phi) is 4.21. The summed E-state index contributed by atoms with van der Waals surface area (Å²) in [6.07, 6.45) is 7.00. The van der Waals surface area contributed by atoms with Crippen LogP contribution in [0, 0.1) is 12.3 Å². The van der Waals surface area contributed by atoms with Gasteiger partial charge >= 0.3 is 0 Å². The van der Waals surface area contributed by atoms with E-state index in [0.717, 1.165) is 11.3 Å². The predicted octanol–water partition coefficient (Wildman–Crippen LogP) is 1.00. The Morgan fingerprint density at radius 2 is 1.91 bits per heavy atom. The number of hydrogen-bond donors (Lipinski definition) is 0. The molecule has 2 aliphatic heterocycles. The van der Waals surface area contributed by atoms with Gasteiger partial charge in [-0.25, -0.2) is 8.42 Å². The van der Waals surface area contributed by atoms with Crippen molar-refractivity contribution >= 4 is 16.1 Å². The van der Waals surface area contributed by atoms with Crippen LogP contribution >= 0.6 is 0 Å². The van der Waals surface area contributed by atoms with Crippen LogP contribution in [0.3, 0.4) is 0 Å². The number of para-hydroxylation sites is 1. The average molecular weight is 318 g/mol. The Bertz CT molecular complexity index is 726. The number of fused-ring (bicyclic) bond motifs is 1. The van der Waals surface area contributed by atoms with E-state index in [1.807, 2.05) is 24.3 Å². The van der Waals surface area contributed by atoms with Crippen LogP contribution < -0.4 is 4.74 Å². The summed E-state index contributed by atoms with van der Waals surface area (Å²) in [6.45, 7) is 2.89. The van der Waals surface area contributed by atoms with Gasteiger partial charge in [-0.15, -0.1) is 6.42 Å². The van der Waals surface area contributed by atoms with Gasteiger partial charge in [0.1, 0.15) is 12.4 Å². The maximum atomic E-state index is 12.7. The Hall–Kier alpha value is -1.81. The van der Waals surface area contributed by atoms with Crippen molar-refractivity contribution in [2.75, 3.05) is 39.3 Å². The molecule has 1 aromatic rings. The second kappa shape index (κ2) is 6.13. The first-order valence-electron chi connectivity index (χ1n) is 7.19. The number of nitrogens with zero attached hydrogens (tertiary/aromatic N) is 2. The summed E-state index contributed by atoms with van der Waals surface area (Å²) < 4.78 is 32.5. The first-order chi connectivity index (χ1) is 10.6. The number of terminal acetylenes is 1. The van der Waals surface area contributed by atoms with Gasteiger partial charge in [0.05, 0.1) is 11.4 Å². The molecule has 0 radical (unpaired) electrons. The molecular formula is C16H18N2O3S. The molecule has 0 atom stereocenters. The van der Waals surface area contributed by atoms with Gasteiger partial charge in [0, 0.05) is 31.7 Å². The maximum Gasteiger partial charge on any atom is 0.242 e. The predicted molar refractivity (Wildman–Crippen MR) is 85.7 cm³/mol. The molecule has 0 saturated carbocycles. The summed E-state index contributed by atoms with van der Waals surface area (Å²) >= 11 is 0. The largest absolute Gasteiger partial charge is 0.487 e. The van der Waals surface area contributed by atoms with Crippen molar-refractivity contribution in [1.29, 1.82) is 0 Å². The van der Waals surface area contributed by atoms with Crippen molar-refractivity contribution in [1.82, 2.24) is 9.21 Å². The third kappa shape index (κ3) is 2.88. The van der Waals surface area contributed by atoms with Crippen molar-refractivity contribution in [2.45, 2.75) is 0 Å². The lowest BCUT2D eigenvalue weighted by molar-refractivity contribution is 0.207. The fourth-order valence-corrected chi connectivity index (χ4v) is 4.13. The number of rotatable bonds is 3. The molecule has 0 aromatic heterocycles. The molecule has 0 amide bonds. The third-order valence-electron chi connectivity index (χ3n) is 3.92. The second-order valence-corrected chi connectivity index (χ2v) is 7.31. The lowest BCUT2D eigenvalue weighted by Crippen LogP contribution is -2.49. The minimum absolute atomic E-state index is 0.0872. The van der Waals surface area contributed by atoms with E-state index in [9.17, 15) is 8.42 Å². The van der Waals surface area contributed by atoms with Crippen LogP contribution in [-0.4, -0.2) is 57.0 Å². The van der Waals surface area contributed by atoms with E-state index in [4.69, 9.17) is 11.2 Å². The highest BCUT2D eigenvalue weighted by molar-refractivity contribution is 7.93. The molecule has 0 spiro atoms. The number of benzene rings is 1. The van der Waals surface area contributed by atoms with Crippen LogP contribution in [0.4, 0.5) is 0 Å². The maximum absolute atomic E-state index is 12.7. The molecule has 1 saturated heterocycles. The fraction of sp³-hybridized carbons (Fsp3) is 0.375. The van der Waals surface area contributed by atoms with Gasteiger partial charge in [0.2, 0.25) is 10.0 Å². The molecule has 2 aliphatic rings. The van der Waals surface area contributed by atoms with Crippen molar-refractivity contribution in [2.24, 2.45) is 0 Å². The number of sulfonamides is 1. The first-order valence-corrected chi connectivity index (χ1v) is 8.63. The molecule has 5 nitrogen and oxygen atoms in total. The van der Waals surface area contributed by atoms with Crippen molar-refractivity contribution in [3.05, 3.63) is 34.7 Å². The summed E-state index contributed by atoms with van der Waals surface area (Å²) in [4.78, 5) is 2.39. The highest BCUT2D eigenvalue weighted by Gasteiger charge is 2.31. The van der Waals surface area contributed by atoms with Crippen LogP contribution in [-0.2, 0) is 10.0 Å². The normalized spacial score (nSPS) is 19.7. The molecular weight excluding hydrogens is 300 g/mol. The molecule has 2 heterocycles. The van der Waals surface area contributed by atoms with Crippen LogP contribution in [0.25, 0.3) is 6.08 Å². The minimum atomic E-state index is -3.48. The molecule has 22 heavy (non-hydrogen) atoms. The Balaban J connectivity index is 1.78. The molecule has 1 aromatic carbocycles. The van der Waals surface area contributed by atoms with E-state index in [1.165, 1.54) is 4.31 Å². The lowest BCUT2D eigenvalue weighted by atomic mass is 10.1. The van der Waals surface area contributed by atoms with Gasteiger partial charge in [0.25, 0.3) is 0 Å². The molecule has 0 unspecified atom stereocenters. The van der Waals surface area contributed by atoms with E-state index < -0.39 is 10.0 Å². The third-order valence-corrected chi connectivity index (χ3v) is 5.87. The Labute approximate surface area is 131 Å². The van der Waals surface area contributed by atoms with Crippen LogP contribution in [0.5, 0.6) is 5.75 Å². The Morgan fingerprint density at radius 1 is 1.18 bits per heavy atom. The first kappa shape index (κ1) is 15.1. The molecule has 116 valence electrons. The van der Waals surface area contributed by atoms with Gasteiger partial charge in [-0.1, -0.05) is 24.1 Å². The number of hydrogen-bond acceptors (Lipinski definition) is 4. The molecule has 0 N–H and O–H groups in total. The molecule has 3 rings (SSSR count). The minimum Gasteiger partial charge on any atom is -0.487 e. The topological polar surface area (TPSA) is 49.9 Å². The zero-order valence-corrected chi connectivity index (χ0v) is 13.1. The molecule has 0 aliphatic carbocycles. The summed E-state index contributed by atoms with van der Waals surface area (Å²) in [7, 11) is -3.48. The van der Waals surface area contributed by atoms with E-state index in [-0.39, 0.29) is 6.61 Å². The van der Waals surface area contributed by atoms with Crippen LogP contribution in [0.1, 0.15) is 5.56 Å². The average Bonchev–Trinajstić information content (AvgIpc) is 2.55. The number of piperazine rings is 1. The van der Waals surface area contributed by atoms with Gasteiger partial charge in [-0.3, -0.25) is 4.90 Å². The SMILES string of the molecule is C#CCN1CCN(S(=O)(=O)C2=Cc3ccccc3OC2)CC1. The number of ether oxygens (including phenoxy) is 1. The highest BCUT2D eigenvalue weighted by Crippen LogP contribution is 2.29. The summed E-state index contributed by atoms with van der Waals surface area (Å²) in [5.74, 6) is 3.31. The smallest absolute Gasteiger partial charge is 0.242 e. The van der Waals surface area contributed by atoms with E-state index in [2.05, 4.69) is 10.8 Å². The van der Waals surface area contributed by atoms with Crippen LogP contribution in [0.2, 0.25) is 0 Å².